The summed E-state index contributed by atoms with van der Waals surface area (Å²) >= 11 is 0. The zero-order chi connectivity index (χ0) is 11.7. The van der Waals surface area contributed by atoms with Gasteiger partial charge in [0, 0.05) is 6.92 Å². The predicted octanol–water partition coefficient (Wildman–Crippen LogP) is -2.00. The first-order valence-corrected chi connectivity index (χ1v) is 4.10. The number of carboxylic acid groups (broad SMARTS) is 1. The summed E-state index contributed by atoms with van der Waals surface area (Å²) in [6.45, 7) is 1.08. The lowest BCUT2D eigenvalue weighted by atomic mass is 10.9. The van der Waals surface area contributed by atoms with Crippen LogP contribution in [-0.4, -0.2) is 31.7 Å². The first-order chi connectivity index (χ1) is 5.46. The number of hydrogen-bond acceptors (Lipinski definition) is 3. The number of carboxylic acids is 1. The Balaban J connectivity index is -0.000000117. The zero-order valence-corrected chi connectivity index (χ0v) is 7.60. The lowest BCUT2D eigenvalue weighted by Gasteiger charge is -1.82. The zero-order valence-electron chi connectivity index (χ0n) is 6.71. The van der Waals surface area contributed by atoms with Crippen LogP contribution in [0, 0.1) is 5.41 Å². The van der Waals surface area contributed by atoms with Crippen LogP contribution in [0.25, 0.3) is 0 Å². The van der Waals surface area contributed by atoms with Crippen LogP contribution in [0.1, 0.15) is 6.92 Å². The number of nitrogens with two attached hydrogens (primary N) is 2. The molecule has 9 N–H and O–H groups in total. The van der Waals surface area contributed by atoms with Gasteiger partial charge in [0.2, 0.25) is 0 Å². The van der Waals surface area contributed by atoms with Gasteiger partial charge in [-0.15, -0.1) is 0 Å². The van der Waals surface area contributed by atoms with Crippen LogP contribution < -0.4 is 11.5 Å². The molecule has 9 nitrogen and oxygen atoms in total. The minimum absolute atomic E-state index is 0.333. The van der Waals surface area contributed by atoms with Crippen molar-refractivity contribution in [1.82, 2.24) is 0 Å². The predicted molar refractivity (Wildman–Crippen MR) is 43.7 cm³/mol. The van der Waals surface area contributed by atoms with E-state index in [1.807, 2.05) is 0 Å². The maximum Gasteiger partial charge on any atom is 0.466 e. The van der Waals surface area contributed by atoms with Crippen LogP contribution in [0.4, 0.5) is 0 Å². The lowest BCUT2D eigenvalue weighted by molar-refractivity contribution is -0.134. The SMILES string of the molecule is CC(=O)O.N=C(N)N.O=P(O)(O)O. The molecule has 0 bridgehead atoms. The van der Waals surface area contributed by atoms with Crippen molar-refractivity contribution in [3.63, 3.8) is 0 Å². The van der Waals surface area contributed by atoms with E-state index in [0.29, 0.717) is 0 Å². The summed E-state index contributed by atoms with van der Waals surface area (Å²) in [6, 6.07) is 0. The minimum atomic E-state index is -4.64. The smallest absolute Gasteiger partial charge is 0.466 e. The van der Waals surface area contributed by atoms with E-state index in [9.17, 15) is 0 Å². The third-order valence-electron chi connectivity index (χ3n) is 0. The summed E-state index contributed by atoms with van der Waals surface area (Å²) in [4.78, 5) is 30.6. The van der Waals surface area contributed by atoms with Crippen molar-refractivity contribution in [2.45, 2.75) is 6.92 Å². The highest BCUT2D eigenvalue weighted by Crippen LogP contribution is 2.25. The standard InChI is InChI=1S/C2H4O2.CH5N3.H3O4P/c1-2(3)4;2-1(3)4;1-5(2,3)4/h1H3,(H,3,4);(H5,2,3,4);(H3,1,2,3,4). The molecule has 0 amide bonds. The molecule has 0 saturated heterocycles. The van der Waals surface area contributed by atoms with Gasteiger partial charge in [-0.05, 0) is 0 Å². The van der Waals surface area contributed by atoms with E-state index in [1.54, 1.807) is 0 Å². The molecule has 0 unspecified atom stereocenters. The van der Waals surface area contributed by atoms with E-state index >= 15 is 0 Å². The number of guanidine groups is 1. The second-order valence-electron chi connectivity index (χ2n) is 1.49. The molecule has 0 spiro atoms. The average Bonchev–Trinajstić information content (AvgIpc) is 1.50. The van der Waals surface area contributed by atoms with Crippen LogP contribution in [0.2, 0.25) is 0 Å². The normalized spacial score (nSPS) is 8.31. The fraction of sp³-hybridized carbons (Fsp3) is 0.333. The van der Waals surface area contributed by atoms with Gasteiger partial charge in [0.05, 0.1) is 0 Å². The summed E-state index contributed by atoms with van der Waals surface area (Å²) in [5, 5.41) is 13.5. The van der Waals surface area contributed by atoms with Crippen LogP contribution in [0.5, 0.6) is 0 Å². The van der Waals surface area contributed by atoms with Gasteiger partial charge in [-0.3, -0.25) is 10.2 Å². The highest BCUT2D eigenvalue weighted by Gasteiger charge is 2.00. The molecule has 13 heavy (non-hydrogen) atoms. The molecule has 0 radical (unpaired) electrons. The molecule has 0 aliphatic rings. The molecule has 0 aromatic rings. The van der Waals surface area contributed by atoms with Gasteiger partial charge < -0.3 is 31.3 Å². The van der Waals surface area contributed by atoms with Crippen LogP contribution in [0.15, 0.2) is 0 Å². The van der Waals surface area contributed by atoms with Crippen molar-refractivity contribution < 1.29 is 29.1 Å². The van der Waals surface area contributed by atoms with Gasteiger partial charge in [-0.1, -0.05) is 0 Å². The Morgan fingerprint density at radius 1 is 1.31 bits per heavy atom. The number of nitrogens with one attached hydrogen (secondary N) is 1. The van der Waals surface area contributed by atoms with Crippen molar-refractivity contribution in [3.05, 3.63) is 0 Å². The molecule has 0 saturated carbocycles. The topological polar surface area (TPSA) is 191 Å². The highest BCUT2D eigenvalue weighted by molar-refractivity contribution is 7.45. The Bertz CT molecular complexity index is 171. The van der Waals surface area contributed by atoms with Crippen molar-refractivity contribution >= 4 is 19.8 Å². The van der Waals surface area contributed by atoms with Crippen LogP contribution in [0.3, 0.4) is 0 Å². The molecule has 0 fully saturated rings. The van der Waals surface area contributed by atoms with Crippen LogP contribution >= 0.6 is 7.82 Å². The lowest BCUT2D eigenvalue weighted by Crippen LogP contribution is -2.20. The van der Waals surface area contributed by atoms with Crippen molar-refractivity contribution in [3.8, 4) is 0 Å². The summed E-state index contributed by atoms with van der Waals surface area (Å²) in [5.41, 5.74) is 8.94. The fourth-order valence-corrected chi connectivity index (χ4v) is 0. The second-order valence-corrected chi connectivity index (χ2v) is 2.51. The second kappa shape index (κ2) is 8.94. The maximum atomic E-state index is 9.00. The van der Waals surface area contributed by atoms with Gasteiger partial charge in [0.15, 0.2) is 5.96 Å². The van der Waals surface area contributed by atoms with Crippen LogP contribution in [-0.2, 0) is 9.36 Å². The monoisotopic (exact) mass is 217 g/mol. The van der Waals surface area contributed by atoms with E-state index in [4.69, 9.17) is 34.6 Å². The highest BCUT2D eigenvalue weighted by atomic mass is 31.2. The Morgan fingerprint density at radius 2 is 1.31 bits per heavy atom. The van der Waals surface area contributed by atoms with E-state index in [2.05, 4.69) is 11.5 Å². The van der Waals surface area contributed by atoms with Gasteiger partial charge in [0.25, 0.3) is 5.97 Å². The van der Waals surface area contributed by atoms with Gasteiger partial charge in [-0.25, -0.2) is 4.57 Å². The maximum absolute atomic E-state index is 9.00. The summed E-state index contributed by atoms with van der Waals surface area (Å²) in [7, 11) is -4.64. The molecular weight excluding hydrogens is 205 g/mol. The molecule has 0 rings (SSSR count). The summed E-state index contributed by atoms with van der Waals surface area (Å²) < 4.78 is 8.88. The van der Waals surface area contributed by atoms with Gasteiger partial charge in [0.1, 0.15) is 0 Å². The fourth-order valence-electron chi connectivity index (χ4n) is 0. The number of carbonyl (C=O) groups is 1. The van der Waals surface area contributed by atoms with Crippen molar-refractivity contribution in [1.29, 1.82) is 5.41 Å². The molecule has 0 heterocycles. The third kappa shape index (κ3) is 643. The Hall–Kier alpha value is -1.15. The summed E-state index contributed by atoms with van der Waals surface area (Å²) in [6.07, 6.45) is 0. The van der Waals surface area contributed by atoms with E-state index in [-0.39, 0.29) is 5.96 Å². The van der Waals surface area contributed by atoms with E-state index < -0.39 is 13.8 Å². The molecule has 10 heteroatoms. The average molecular weight is 217 g/mol. The largest absolute Gasteiger partial charge is 0.481 e. The number of hydrogen-bond donors (Lipinski definition) is 7. The molecule has 0 aromatic heterocycles. The first-order valence-electron chi connectivity index (χ1n) is 2.54. The first kappa shape index (κ1) is 17.8. The number of phosphoric acid groups is 1. The Labute approximate surface area is 73.7 Å². The Kier molecular flexibility index (Phi) is 12.3. The van der Waals surface area contributed by atoms with Gasteiger partial charge in [-0.2, -0.15) is 0 Å². The molecule has 0 aliphatic carbocycles. The molecular formula is C3H12N3O6P. The third-order valence-corrected chi connectivity index (χ3v) is 0. The molecule has 0 aromatic carbocycles. The number of rotatable bonds is 0. The minimum Gasteiger partial charge on any atom is -0.481 e. The number of aliphatic carboxylic acids is 1. The van der Waals surface area contributed by atoms with Crippen molar-refractivity contribution in [2.75, 3.05) is 0 Å². The quantitative estimate of drug-likeness (QED) is 0.137. The van der Waals surface area contributed by atoms with Gasteiger partial charge >= 0.3 is 7.82 Å². The molecule has 80 valence electrons. The van der Waals surface area contributed by atoms with E-state index in [1.165, 1.54) is 0 Å². The van der Waals surface area contributed by atoms with E-state index in [0.717, 1.165) is 6.92 Å². The molecule has 0 atom stereocenters. The Morgan fingerprint density at radius 3 is 1.31 bits per heavy atom. The molecule has 0 aliphatic heterocycles. The summed E-state index contributed by atoms with van der Waals surface area (Å²) in [5.74, 6) is -1.17. The van der Waals surface area contributed by atoms with Crippen molar-refractivity contribution in [2.24, 2.45) is 11.5 Å².